The van der Waals surface area contributed by atoms with Crippen molar-refractivity contribution in [2.75, 3.05) is 13.1 Å². The molecule has 2 heterocycles. The predicted molar refractivity (Wildman–Crippen MR) is 102 cm³/mol. The molecule has 1 saturated heterocycles. The van der Waals surface area contributed by atoms with Crippen LogP contribution in [0, 0.1) is 5.92 Å². The van der Waals surface area contributed by atoms with Crippen LogP contribution in [0.25, 0.3) is 0 Å². The summed E-state index contributed by atoms with van der Waals surface area (Å²) in [7, 11) is 0. The van der Waals surface area contributed by atoms with E-state index < -0.39 is 35.1 Å². The molecule has 0 radical (unpaired) electrons. The lowest BCUT2D eigenvalue weighted by atomic mass is 9.89. The number of amides is 2. The zero-order chi connectivity index (χ0) is 21.1. The van der Waals surface area contributed by atoms with E-state index in [1.165, 1.54) is 6.21 Å². The molecule has 0 spiro atoms. The van der Waals surface area contributed by atoms with Gasteiger partial charge in [-0.05, 0) is 24.0 Å². The van der Waals surface area contributed by atoms with Gasteiger partial charge in [0.05, 0.1) is 12.1 Å². The van der Waals surface area contributed by atoms with Crippen molar-refractivity contribution in [3.05, 3.63) is 57.6 Å². The number of hydrogen-bond acceptors (Lipinski definition) is 5. The van der Waals surface area contributed by atoms with Crippen molar-refractivity contribution < 1.29 is 28.6 Å². The number of aliphatic hydroxyl groups excluding tert-OH is 2. The Balaban J connectivity index is 1.92. The fourth-order valence-electron chi connectivity index (χ4n) is 3.58. The Bertz CT molecular complexity index is 941. The van der Waals surface area contributed by atoms with Crippen LogP contribution in [0.2, 0.25) is 0 Å². The number of carbonyl (C=O) groups is 2. The largest absolute Gasteiger partial charge is 0.509 e. The third-order valence-corrected chi connectivity index (χ3v) is 5.02. The Labute approximate surface area is 165 Å². The van der Waals surface area contributed by atoms with Crippen molar-refractivity contribution in [2.45, 2.75) is 25.7 Å². The Morgan fingerprint density at radius 2 is 2.07 bits per heavy atom. The fraction of sp³-hybridized carbons (Fsp3) is 0.350. The third kappa shape index (κ3) is 4.61. The lowest BCUT2D eigenvalue weighted by Crippen LogP contribution is -2.15. The van der Waals surface area contributed by atoms with Gasteiger partial charge in [-0.25, -0.2) is 8.78 Å². The van der Waals surface area contributed by atoms with E-state index in [9.17, 15) is 28.6 Å². The minimum Gasteiger partial charge on any atom is -0.509 e. The molecule has 154 valence electrons. The van der Waals surface area contributed by atoms with Gasteiger partial charge in [-0.1, -0.05) is 11.6 Å². The highest BCUT2D eigenvalue weighted by Gasteiger charge is 2.30. The number of aliphatic hydroxyl groups is 2. The number of carbonyl (C=O) groups excluding carboxylic acids is 2. The normalized spacial score (nSPS) is 29.7. The summed E-state index contributed by atoms with van der Waals surface area (Å²) >= 11 is 0. The minimum absolute atomic E-state index is 0.0991. The molecular weight excluding hydrogens is 384 g/mol. The molecular formula is C20H21F2N3O4. The average Bonchev–Trinajstić information content (AvgIpc) is 3.03. The second-order valence-electron chi connectivity index (χ2n) is 7.11. The number of allylic oxidation sites excluding steroid dienone is 6. The third-order valence-electron chi connectivity index (χ3n) is 5.02. The topological polar surface area (TPSA) is 125 Å². The first kappa shape index (κ1) is 20.5. The van der Waals surface area contributed by atoms with Gasteiger partial charge in [0.2, 0.25) is 5.91 Å². The number of primary amides is 1. The Morgan fingerprint density at radius 3 is 2.79 bits per heavy atom. The highest BCUT2D eigenvalue weighted by atomic mass is 19.1. The maximum absolute atomic E-state index is 14.1. The molecule has 0 aromatic rings. The van der Waals surface area contributed by atoms with E-state index in [0.717, 1.165) is 0 Å². The molecule has 0 saturated carbocycles. The van der Waals surface area contributed by atoms with Crippen molar-refractivity contribution in [1.29, 1.82) is 0 Å². The Kier molecular flexibility index (Phi) is 5.95. The molecule has 1 atom stereocenters. The molecule has 1 aliphatic carbocycles. The monoisotopic (exact) mass is 405 g/mol. The Hall–Kier alpha value is -3.23. The van der Waals surface area contributed by atoms with Crippen molar-refractivity contribution in [1.82, 2.24) is 5.32 Å². The SMILES string of the molecule is NC(=O)C/C1=C2\CNC(=O)\C2=C(/O)CN=C/C(CC2CC(O)=C(F)C=C2F)=C\C1. The van der Waals surface area contributed by atoms with Crippen LogP contribution in [0.5, 0.6) is 0 Å². The highest BCUT2D eigenvalue weighted by molar-refractivity contribution is 6.02. The maximum atomic E-state index is 14.1. The summed E-state index contributed by atoms with van der Waals surface area (Å²) in [4.78, 5) is 27.7. The van der Waals surface area contributed by atoms with Crippen LogP contribution < -0.4 is 11.1 Å². The van der Waals surface area contributed by atoms with Gasteiger partial charge in [-0.15, -0.1) is 0 Å². The van der Waals surface area contributed by atoms with E-state index in [1.54, 1.807) is 6.08 Å². The molecule has 1 unspecified atom stereocenters. The van der Waals surface area contributed by atoms with Crippen LogP contribution in [-0.4, -0.2) is 41.3 Å². The van der Waals surface area contributed by atoms with E-state index >= 15 is 0 Å². The first-order valence-electron chi connectivity index (χ1n) is 9.09. The summed E-state index contributed by atoms with van der Waals surface area (Å²) in [6, 6.07) is 0. The average molecular weight is 405 g/mol. The molecule has 2 aliphatic heterocycles. The molecule has 1 fully saturated rings. The van der Waals surface area contributed by atoms with Gasteiger partial charge in [0, 0.05) is 37.6 Å². The second kappa shape index (κ2) is 8.42. The quantitative estimate of drug-likeness (QED) is 0.573. The van der Waals surface area contributed by atoms with Crippen molar-refractivity contribution in [3.63, 3.8) is 0 Å². The number of fused-ring (bicyclic) bond motifs is 1. The molecule has 0 bridgehead atoms. The van der Waals surface area contributed by atoms with Gasteiger partial charge in [0.1, 0.15) is 17.3 Å². The lowest BCUT2D eigenvalue weighted by Gasteiger charge is -2.19. The summed E-state index contributed by atoms with van der Waals surface area (Å²) < 4.78 is 27.4. The molecule has 3 rings (SSSR count). The zero-order valence-corrected chi connectivity index (χ0v) is 15.5. The number of halogens is 2. The van der Waals surface area contributed by atoms with Crippen LogP contribution in [0.4, 0.5) is 8.78 Å². The summed E-state index contributed by atoms with van der Waals surface area (Å²) in [6.07, 6.45) is 3.93. The zero-order valence-electron chi connectivity index (χ0n) is 15.5. The lowest BCUT2D eigenvalue weighted by molar-refractivity contribution is -0.117. The van der Waals surface area contributed by atoms with Crippen molar-refractivity contribution >= 4 is 18.0 Å². The van der Waals surface area contributed by atoms with Crippen LogP contribution in [-0.2, 0) is 9.59 Å². The van der Waals surface area contributed by atoms with Crippen LogP contribution >= 0.6 is 0 Å². The number of rotatable bonds is 4. The van der Waals surface area contributed by atoms with Gasteiger partial charge in [0.15, 0.2) is 5.83 Å². The van der Waals surface area contributed by atoms with Crippen molar-refractivity contribution in [2.24, 2.45) is 16.6 Å². The molecule has 5 N–H and O–H groups in total. The summed E-state index contributed by atoms with van der Waals surface area (Å²) in [5.41, 5.74) is 7.10. The molecule has 3 aliphatic rings. The van der Waals surface area contributed by atoms with E-state index in [1.807, 2.05) is 0 Å². The molecule has 0 aromatic heterocycles. The van der Waals surface area contributed by atoms with E-state index in [4.69, 9.17) is 5.73 Å². The standard InChI is InChI=1S/C20H21F2N3O4/c21-14-6-15(22)16(26)4-12(14)3-10-1-2-11(5-18(23)28)13-8-25-20(29)19(13)17(27)9-24-7-10/h1,6-7,12,26-27H,2-5,8-9H2,(H2,23,28)(H,25,29)/b10-1-,13-11+,19-17-,24-7?. The summed E-state index contributed by atoms with van der Waals surface area (Å²) in [5, 5.41) is 22.5. The van der Waals surface area contributed by atoms with Gasteiger partial charge < -0.3 is 21.3 Å². The van der Waals surface area contributed by atoms with Gasteiger partial charge in [0.25, 0.3) is 5.91 Å². The molecule has 2 amide bonds. The number of hydrogen-bond donors (Lipinski definition) is 4. The van der Waals surface area contributed by atoms with Gasteiger partial charge >= 0.3 is 0 Å². The minimum atomic E-state index is -0.984. The van der Waals surface area contributed by atoms with Gasteiger partial charge in [-0.3, -0.25) is 14.6 Å². The van der Waals surface area contributed by atoms with Crippen molar-refractivity contribution in [3.8, 4) is 0 Å². The van der Waals surface area contributed by atoms with E-state index in [-0.39, 0.29) is 50.1 Å². The smallest absolute Gasteiger partial charge is 0.255 e. The summed E-state index contributed by atoms with van der Waals surface area (Å²) in [6.45, 7) is -0.0120. The first-order valence-corrected chi connectivity index (χ1v) is 9.09. The summed E-state index contributed by atoms with van der Waals surface area (Å²) in [5.74, 6) is -4.19. The number of aliphatic imine (C=N–C) groups is 1. The number of nitrogens with two attached hydrogens (primary N) is 1. The molecule has 9 heteroatoms. The molecule has 7 nitrogen and oxygen atoms in total. The van der Waals surface area contributed by atoms with E-state index in [0.29, 0.717) is 22.8 Å². The second-order valence-corrected chi connectivity index (χ2v) is 7.11. The van der Waals surface area contributed by atoms with Gasteiger partial charge in [-0.2, -0.15) is 0 Å². The van der Waals surface area contributed by atoms with Crippen LogP contribution in [0.15, 0.2) is 62.6 Å². The van der Waals surface area contributed by atoms with Crippen LogP contribution in [0.3, 0.4) is 0 Å². The molecule has 0 aromatic carbocycles. The van der Waals surface area contributed by atoms with E-state index in [2.05, 4.69) is 10.3 Å². The van der Waals surface area contributed by atoms with Crippen LogP contribution in [0.1, 0.15) is 25.7 Å². The predicted octanol–water partition coefficient (Wildman–Crippen LogP) is 2.50. The highest BCUT2D eigenvalue weighted by Crippen LogP contribution is 2.34. The number of nitrogens with zero attached hydrogens (tertiary/aromatic N) is 1. The molecule has 29 heavy (non-hydrogen) atoms. The first-order chi connectivity index (χ1) is 13.8. The Morgan fingerprint density at radius 1 is 1.31 bits per heavy atom. The maximum Gasteiger partial charge on any atom is 0.255 e. The fourth-order valence-corrected chi connectivity index (χ4v) is 3.58. The number of nitrogens with one attached hydrogen (secondary N) is 1.